The third-order valence-electron chi connectivity index (χ3n) is 3.38. The first-order chi connectivity index (χ1) is 8.68. The molecular formula is C14H28N2O2. The van der Waals surface area contributed by atoms with E-state index in [0.29, 0.717) is 19.1 Å². The van der Waals surface area contributed by atoms with Crippen molar-refractivity contribution in [1.29, 1.82) is 0 Å². The Morgan fingerprint density at radius 2 is 2.11 bits per heavy atom. The SMILES string of the molecule is CC(N)CCC(=O)NCCCOC1CCCCC1. The van der Waals surface area contributed by atoms with Crippen molar-refractivity contribution in [2.75, 3.05) is 13.2 Å². The van der Waals surface area contributed by atoms with Gasteiger partial charge in [0.15, 0.2) is 0 Å². The molecule has 1 aliphatic carbocycles. The maximum Gasteiger partial charge on any atom is 0.220 e. The van der Waals surface area contributed by atoms with Crippen molar-refractivity contribution in [3.8, 4) is 0 Å². The average Bonchev–Trinajstić information content (AvgIpc) is 2.37. The van der Waals surface area contributed by atoms with Gasteiger partial charge in [0.25, 0.3) is 0 Å². The Hall–Kier alpha value is -0.610. The maximum atomic E-state index is 11.4. The van der Waals surface area contributed by atoms with Crippen molar-refractivity contribution in [3.05, 3.63) is 0 Å². The molecule has 18 heavy (non-hydrogen) atoms. The van der Waals surface area contributed by atoms with Crippen LogP contribution in [0.3, 0.4) is 0 Å². The Balaban J connectivity index is 1.89. The molecule has 4 heteroatoms. The summed E-state index contributed by atoms with van der Waals surface area (Å²) in [6.07, 6.45) is 9.04. The second kappa shape index (κ2) is 9.34. The molecule has 0 saturated heterocycles. The van der Waals surface area contributed by atoms with Crippen molar-refractivity contribution >= 4 is 5.91 Å². The number of rotatable bonds is 8. The van der Waals surface area contributed by atoms with E-state index >= 15 is 0 Å². The Labute approximate surface area is 111 Å². The van der Waals surface area contributed by atoms with Crippen molar-refractivity contribution in [3.63, 3.8) is 0 Å². The van der Waals surface area contributed by atoms with E-state index in [1.807, 2.05) is 6.92 Å². The van der Waals surface area contributed by atoms with Gasteiger partial charge in [0.1, 0.15) is 0 Å². The summed E-state index contributed by atoms with van der Waals surface area (Å²) >= 11 is 0. The Morgan fingerprint density at radius 1 is 1.39 bits per heavy atom. The highest BCUT2D eigenvalue weighted by molar-refractivity contribution is 5.75. The quantitative estimate of drug-likeness (QED) is 0.653. The van der Waals surface area contributed by atoms with Gasteiger partial charge in [-0.3, -0.25) is 4.79 Å². The summed E-state index contributed by atoms with van der Waals surface area (Å²) in [5, 5.41) is 2.90. The zero-order valence-electron chi connectivity index (χ0n) is 11.6. The Bertz CT molecular complexity index is 226. The molecule has 4 nitrogen and oxygen atoms in total. The first-order valence-corrected chi connectivity index (χ1v) is 7.32. The van der Waals surface area contributed by atoms with Gasteiger partial charge in [-0.1, -0.05) is 19.3 Å². The van der Waals surface area contributed by atoms with E-state index in [1.54, 1.807) is 0 Å². The molecule has 1 rings (SSSR count). The molecule has 0 aromatic rings. The van der Waals surface area contributed by atoms with Crippen molar-refractivity contribution in [2.45, 2.75) is 70.4 Å². The number of ether oxygens (including phenoxy) is 1. The molecule has 0 bridgehead atoms. The highest BCUT2D eigenvalue weighted by atomic mass is 16.5. The van der Waals surface area contributed by atoms with Crippen LogP contribution in [0.5, 0.6) is 0 Å². The minimum absolute atomic E-state index is 0.102. The number of hydrogen-bond acceptors (Lipinski definition) is 3. The van der Waals surface area contributed by atoms with E-state index in [-0.39, 0.29) is 11.9 Å². The molecule has 0 heterocycles. The summed E-state index contributed by atoms with van der Waals surface area (Å²) in [6.45, 7) is 3.40. The monoisotopic (exact) mass is 256 g/mol. The molecule has 1 saturated carbocycles. The predicted molar refractivity (Wildman–Crippen MR) is 73.3 cm³/mol. The summed E-state index contributed by atoms with van der Waals surface area (Å²) in [6, 6.07) is 0.102. The van der Waals surface area contributed by atoms with Gasteiger partial charge in [0, 0.05) is 25.6 Å². The molecule has 3 N–H and O–H groups in total. The van der Waals surface area contributed by atoms with Crippen LogP contribution in [0.2, 0.25) is 0 Å². The summed E-state index contributed by atoms with van der Waals surface area (Å²) in [5.74, 6) is 0.102. The molecule has 0 aliphatic heterocycles. The van der Waals surface area contributed by atoms with E-state index in [2.05, 4.69) is 5.32 Å². The lowest BCUT2D eigenvalue weighted by molar-refractivity contribution is -0.121. The minimum atomic E-state index is 0.102. The first kappa shape index (κ1) is 15.4. The number of nitrogens with two attached hydrogens (primary N) is 1. The fourth-order valence-electron chi connectivity index (χ4n) is 2.23. The molecule has 0 aromatic carbocycles. The molecule has 0 radical (unpaired) electrons. The fourth-order valence-corrected chi connectivity index (χ4v) is 2.23. The van der Waals surface area contributed by atoms with Crippen molar-refractivity contribution in [1.82, 2.24) is 5.32 Å². The van der Waals surface area contributed by atoms with Gasteiger partial charge >= 0.3 is 0 Å². The number of carbonyl (C=O) groups is 1. The summed E-state index contributed by atoms with van der Waals surface area (Å²) in [5.41, 5.74) is 5.60. The third-order valence-corrected chi connectivity index (χ3v) is 3.38. The standard InChI is InChI=1S/C14H28N2O2/c1-12(15)8-9-14(17)16-10-5-11-18-13-6-3-2-4-7-13/h12-13H,2-11,15H2,1H3,(H,16,17). The van der Waals surface area contributed by atoms with Crippen LogP contribution in [0.4, 0.5) is 0 Å². The van der Waals surface area contributed by atoms with Gasteiger partial charge in [-0.2, -0.15) is 0 Å². The van der Waals surface area contributed by atoms with E-state index in [4.69, 9.17) is 10.5 Å². The summed E-state index contributed by atoms with van der Waals surface area (Å²) < 4.78 is 5.79. The van der Waals surface area contributed by atoms with Crippen LogP contribution in [0.15, 0.2) is 0 Å². The van der Waals surface area contributed by atoms with Crippen LogP contribution < -0.4 is 11.1 Å². The van der Waals surface area contributed by atoms with Gasteiger partial charge in [-0.15, -0.1) is 0 Å². The van der Waals surface area contributed by atoms with Crippen molar-refractivity contribution in [2.24, 2.45) is 5.73 Å². The molecule has 1 atom stereocenters. The molecule has 1 aliphatic rings. The lowest BCUT2D eigenvalue weighted by Gasteiger charge is -2.21. The molecule has 1 unspecified atom stereocenters. The molecule has 0 spiro atoms. The van der Waals surface area contributed by atoms with E-state index in [9.17, 15) is 4.79 Å². The zero-order valence-corrected chi connectivity index (χ0v) is 11.6. The Kier molecular flexibility index (Phi) is 8.01. The smallest absolute Gasteiger partial charge is 0.220 e. The summed E-state index contributed by atoms with van der Waals surface area (Å²) in [7, 11) is 0. The largest absolute Gasteiger partial charge is 0.378 e. The maximum absolute atomic E-state index is 11.4. The van der Waals surface area contributed by atoms with E-state index in [0.717, 1.165) is 19.4 Å². The lowest BCUT2D eigenvalue weighted by Crippen LogP contribution is -2.27. The molecular weight excluding hydrogens is 228 g/mol. The number of hydrogen-bond donors (Lipinski definition) is 2. The fraction of sp³-hybridized carbons (Fsp3) is 0.929. The van der Waals surface area contributed by atoms with Crippen LogP contribution in [0, 0.1) is 0 Å². The average molecular weight is 256 g/mol. The van der Waals surface area contributed by atoms with Gasteiger partial charge in [0.05, 0.1) is 6.10 Å². The van der Waals surface area contributed by atoms with Gasteiger partial charge in [0.2, 0.25) is 5.91 Å². The predicted octanol–water partition coefficient (Wildman–Crippen LogP) is 1.97. The minimum Gasteiger partial charge on any atom is -0.378 e. The topological polar surface area (TPSA) is 64.4 Å². The molecule has 0 aromatic heterocycles. The molecule has 1 amide bonds. The van der Waals surface area contributed by atoms with Crippen LogP contribution in [0.1, 0.15) is 58.3 Å². The second-order valence-electron chi connectivity index (χ2n) is 5.35. The van der Waals surface area contributed by atoms with E-state index < -0.39 is 0 Å². The van der Waals surface area contributed by atoms with Gasteiger partial charge in [-0.25, -0.2) is 0 Å². The Morgan fingerprint density at radius 3 is 2.78 bits per heavy atom. The number of nitrogens with one attached hydrogen (secondary N) is 1. The molecule has 1 fully saturated rings. The zero-order chi connectivity index (χ0) is 13.2. The third kappa shape index (κ3) is 7.67. The van der Waals surface area contributed by atoms with Crippen LogP contribution in [0.25, 0.3) is 0 Å². The lowest BCUT2D eigenvalue weighted by atomic mass is 9.98. The first-order valence-electron chi connectivity index (χ1n) is 7.32. The highest BCUT2D eigenvalue weighted by Gasteiger charge is 2.13. The van der Waals surface area contributed by atoms with Gasteiger partial charge < -0.3 is 15.8 Å². The van der Waals surface area contributed by atoms with Crippen LogP contribution in [-0.2, 0) is 9.53 Å². The second-order valence-corrected chi connectivity index (χ2v) is 5.35. The van der Waals surface area contributed by atoms with E-state index in [1.165, 1.54) is 32.1 Å². The van der Waals surface area contributed by atoms with Crippen LogP contribution in [-0.4, -0.2) is 31.2 Å². The summed E-state index contributed by atoms with van der Waals surface area (Å²) in [4.78, 5) is 11.4. The van der Waals surface area contributed by atoms with Crippen LogP contribution >= 0.6 is 0 Å². The van der Waals surface area contributed by atoms with Gasteiger partial charge in [-0.05, 0) is 32.6 Å². The normalized spacial score (nSPS) is 18.6. The number of amides is 1. The highest BCUT2D eigenvalue weighted by Crippen LogP contribution is 2.20. The molecule has 106 valence electrons. The number of carbonyl (C=O) groups excluding carboxylic acids is 1. The van der Waals surface area contributed by atoms with Crippen molar-refractivity contribution < 1.29 is 9.53 Å².